The van der Waals surface area contributed by atoms with Gasteiger partial charge in [-0.3, -0.25) is 0 Å². The lowest BCUT2D eigenvalue weighted by atomic mass is 10.2. The summed E-state index contributed by atoms with van der Waals surface area (Å²) in [6, 6.07) is 4.18. The first-order valence-electron chi connectivity index (χ1n) is 3.64. The van der Waals surface area contributed by atoms with Crippen LogP contribution >= 0.6 is 27.7 Å². The van der Waals surface area contributed by atoms with Crippen molar-refractivity contribution in [1.82, 2.24) is 4.98 Å². The van der Waals surface area contributed by atoms with Crippen LogP contribution in [0.5, 0.6) is 0 Å². The number of fused-ring (bicyclic) bond motifs is 1. The molecule has 2 heterocycles. The summed E-state index contributed by atoms with van der Waals surface area (Å²) in [5.74, 6) is 1.22. The smallest absolute Gasteiger partial charge is 0.107 e. The maximum atomic E-state index is 4.39. The fourth-order valence-corrected chi connectivity index (χ4v) is 2.62. The van der Waals surface area contributed by atoms with Crippen LogP contribution in [0.1, 0.15) is 12.0 Å². The van der Waals surface area contributed by atoms with E-state index in [1.165, 1.54) is 29.2 Å². The normalized spacial score (nSPS) is 16.1. The molecule has 0 aliphatic carbocycles. The fraction of sp³-hybridized carbons (Fsp3) is 0.375. The van der Waals surface area contributed by atoms with E-state index in [1.807, 2.05) is 17.8 Å². The van der Waals surface area contributed by atoms with Crippen molar-refractivity contribution in [2.45, 2.75) is 17.9 Å². The molecule has 1 aliphatic rings. The van der Waals surface area contributed by atoms with Crippen LogP contribution in [-0.2, 0) is 6.42 Å². The number of hydrogen-bond acceptors (Lipinski definition) is 2. The summed E-state index contributed by atoms with van der Waals surface area (Å²) >= 11 is 5.23. The molecule has 1 aromatic rings. The molecule has 0 spiro atoms. The quantitative estimate of drug-likeness (QED) is 0.635. The second-order valence-electron chi connectivity index (χ2n) is 2.55. The lowest BCUT2D eigenvalue weighted by Crippen LogP contribution is -2.00. The van der Waals surface area contributed by atoms with Gasteiger partial charge < -0.3 is 0 Å². The highest BCUT2D eigenvalue weighted by atomic mass is 79.9. The zero-order chi connectivity index (χ0) is 7.68. The third-order valence-electron chi connectivity index (χ3n) is 1.73. The topological polar surface area (TPSA) is 12.9 Å². The Labute approximate surface area is 78.7 Å². The van der Waals surface area contributed by atoms with Gasteiger partial charge in [-0.05, 0) is 46.2 Å². The molecule has 11 heavy (non-hydrogen) atoms. The number of aromatic nitrogens is 1. The highest BCUT2D eigenvalue weighted by Gasteiger charge is 2.10. The van der Waals surface area contributed by atoms with Crippen LogP contribution in [0.4, 0.5) is 0 Å². The summed E-state index contributed by atoms with van der Waals surface area (Å²) in [6.07, 6.45) is 2.49. The van der Waals surface area contributed by atoms with Gasteiger partial charge in [0.25, 0.3) is 0 Å². The Morgan fingerprint density at radius 2 is 2.36 bits per heavy atom. The Kier molecular flexibility index (Phi) is 2.18. The van der Waals surface area contributed by atoms with Crippen molar-refractivity contribution >= 4 is 27.7 Å². The molecule has 0 aromatic carbocycles. The first kappa shape index (κ1) is 7.62. The van der Waals surface area contributed by atoms with Gasteiger partial charge in [0.15, 0.2) is 0 Å². The Balaban J connectivity index is 2.43. The molecule has 1 aliphatic heterocycles. The molecule has 0 atom stereocenters. The second-order valence-corrected chi connectivity index (χ2v) is 4.45. The molecule has 0 amide bonds. The van der Waals surface area contributed by atoms with Crippen LogP contribution in [0, 0.1) is 0 Å². The predicted octanol–water partition coefficient (Wildman–Crippen LogP) is 2.88. The lowest BCUT2D eigenvalue weighted by molar-refractivity contribution is 0.853. The van der Waals surface area contributed by atoms with Crippen LogP contribution < -0.4 is 0 Å². The molecule has 0 saturated carbocycles. The van der Waals surface area contributed by atoms with Crippen molar-refractivity contribution in [3.63, 3.8) is 0 Å². The zero-order valence-corrected chi connectivity index (χ0v) is 8.41. The van der Waals surface area contributed by atoms with Crippen LogP contribution in [0.25, 0.3) is 0 Å². The van der Waals surface area contributed by atoms with E-state index in [0.717, 1.165) is 4.60 Å². The molecule has 1 nitrogen and oxygen atoms in total. The van der Waals surface area contributed by atoms with Crippen LogP contribution in [0.2, 0.25) is 0 Å². The molecule has 0 saturated heterocycles. The van der Waals surface area contributed by atoms with Crippen molar-refractivity contribution in [1.29, 1.82) is 0 Å². The molecule has 0 fully saturated rings. The number of pyridine rings is 1. The highest BCUT2D eigenvalue weighted by molar-refractivity contribution is 9.10. The third kappa shape index (κ3) is 1.59. The van der Waals surface area contributed by atoms with E-state index >= 15 is 0 Å². The van der Waals surface area contributed by atoms with E-state index in [2.05, 4.69) is 27.0 Å². The number of aryl methyl sites for hydroxylation is 1. The number of thioether (sulfide) groups is 1. The minimum absolute atomic E-state index is 0.950. The molecule has 0 unspecified atom stereocenters. The summed E-state index contributed by atoms with van der Waals surface area (Å²) in [5.41, 5.74) is 1.41. The summed E-state index contributed by atoms with van der Waals surface area (Å²) in [5, 5.41) is 1.21. The number of nitrogens with zero attached hydrogens (tertiary/aromatic N) is 1. The largest absolute Gasteiger partial charge is 0.234 e. The Morgan fingerprint density at radius 1 is 1.45 bits per heavy atom. The average molecular weight is 230 g/mol. The monoisotopic (exact) mass is 229 g/mol. The highest BCUT2D eigenvalue weighted by Crippen LogP contribution is 2.28. The minimum atomic E-state index is 0.950. The second kappa shape index (κ2) is 3.15. The number of hydrogen-bond donors (Lipinski definition) is 0. The molecule has 58 valence electrons. The Morgan fingerprint density at radius 3 is 3.27 bits per heavy atom. The minimum Gasteiger partial charge on any atom is -0.234 e. The predicted molar refractivity (Wildman–Crippen MR) is 51.0 cm³/mol. The lowest BCUT2D eigenvalue weighted by Gasteiger charge is -2.13. The summed E-state index contributed by atoms with van der Waals surface area (Å²) in [7, 11) is 0. The Bertz CT molecular complexity index is 275. The van der Waals surface area contributed by atoms with Gasteiger partial charge in [0.2, 0.25) is 0 Å². The van der Waals surface area contributed by atoms with Crippen LogP contribution in [0.15, 0.2) is 21.8 Å². The van der Waals surface area contributed by atoms with Gasteiger partial charge in [-0.25, -0.2) is 4.98 Å². The van der Waals surface area contributed by atoms with E-state index in [0.29, 0.717) is 0 Å². The molecule has 2 rings (SSSR count). The van der Waals surface area contributed by atoms with Crippen molar-refractivity contribution in [3.05, 3.63) is 22.3 Å². The first-order chi connectivity index (χ1) is 5.36. The molecule has 3 heteroatoms. The molecule has 0 radical (unpaired) electrons. The van der Waals surface area contributed by atoms with E-state index in [-0.39, 0.29) is 0 Å². The number of rotatable bonds is 0. The SMILES string of the molecule is Brc1ccc2c(n1)SCCC2. The molecule has 0 N–H and O–H groups in total. The summed E-state index contributed by atoms with van der Waals surface area (Å²) in [6.45, 7) is 0. The van der Waals surface area contributed by atoms with E-state index in [1.54, 1.807) is 0 Å². The molecular weight excluding hydrogens is 222 g/mol. The van der Waals surface area contributed by atoms with Gasteiger partial charge in [-0.15, -0.1) is 11.8 Å². The fourth-order valence-electron chi connectivity index (χ4n) is 1.19. The van der Waals surface area contributed by atoms with Crippen molar-refractivity contribution in [2.24, 2.45) is 0 Å². The van der Waals surface area contributed by atoms with Crippen LogP contribution in [0.3, 0.4) is 0 Å². The number of halogens is 1. The first-order valence-corrected chi connectivity index (χ1v) is 5.42. The van der Waals surface area contributed by atoms with Crippen LogP contribution in [-0.4, -0.2) is 10.7 Å². The van der Waals surface area contributed by atoms with E-state index in [9.17, 15) is 0 Å². The average Bonchev–Trinajstić information content (AvgIpc) is 2.04. The third-order valence-corrected chi connectivity index (χ3v) is 3.30. The van der Waals surface area contributed by atoms with Gasteiger partial charge in [-0.1, -0.05) is 6.07 Å². The van der Waals surface area contributed by atoms with Crippen molar-refractivity contribution in [3.8, 4) is 0 Å². The van der Waals surface area contributed by atoms with E-state index < -0.39 is 0 Å². The molecular formula is C8H8BrNS. The van der Waals surface area contributed by atoms with Gasteiger partial charge in [-0.2, -0.15) is 0 Å². The molecule has 0 bridgehead atoms. The van der Waals surface area contributed by atoms with Gasteiger partial charge in [0, 0.05) is 0 Å². The zero-order valence-electron chi connectivity index (χ0n) is 6.01. The Hall–Kier alpha value is -0.0200. The summed E-state index contributed by atoms with van der Waals surface area (Å²) < 4.78 is 0.950. The summed E-state index contributed by atoms with van der Waals surface area (Å²) in [4.78, 5) is 4.39. The van der Waals surface area contributed by atoms with E-state index in [4.69, 9.17) is 0 Å². The van der Waals surface area contributed by atoms with Crippen molar-refractivity contribution in [2.75, 3.05) is 5.75 Å². The maximum absolute atomic E-state index is 4.39. The standard InChI is InChI=1S/C8H8BrNS/c9-7-4-3-6-2-1-5-11-8(6)10-7/h3-4H,1-2,5H2. The van der Waals surface area contributed by atoms with Gasteiger partial charge in [0.1, 0.15) is 9.63 Å². The van der Waals surface area contributed by atoms with Crippen molar-refractivity contribution < 1.29 is 0 Å². The van der Waals surface area contributed by atoms with Gasteiger partial charge in [0.05, 0.1) is 0 Å². The van der Waals surface area contributed by atoms with Gasteiger partial charge >= 0.3 is 0 Å². The maximum Gasteiger partial charge on any atom is 0.107 e. The molecule has 1 aromatic heterocycles.